The molecule has 0 aromatic carbocycles. The van der Waals surface area contributed by atoms with Gasteiger partial charge in [0.25, 0.3) is 0 Å². The Bertz CT molecular complexity index is 414. The first-order valence-electron chi connectivity index (χ1n) is 7.68. The Kier molecular flexibility index (Phi) is 5.07. The Morgan fingerprint density at radius 3 is 2.62 bits per heavy atom. The molecular weight excluding hydrogens is 288 g/mol. The fourth-order valence-corrected chi connectivity index (χ4v) is 4.42. The van der Waals surface area contributed by atoms with Gasteiger partial charge >= 0.3 is 12.0 Å². The maximum atomic E-state index is 12.5. The monoisotopic (exact) mass is 314 g/mol. The van der Waals surface area contributed by atoms with Crippen LogP contribution < -0.4 is 5.32 Å². The van der Waals surface area contributed by atoms with Gasteiger partial charge in [-0.3, -0.25) is 0 Å². The van der Waals surface area contributed by atoms with E-state index in [-0.39, 0.29) is 17.5 Å². The van der Waals surface area contributed by atoms with E-state index in [2.05, 4.69) is 11.6 Å². The lowest BCUT2D eigenvalue weighted by Gasteiger charge is -2.44. The molecule has 21 heavy (non-hydrogen) atoms. The van der Waals surface area contributed by atoms with E-state index in [0.717, 1.165) is 32.1 Å². The molecule has 0 bridgehead atoms. The lowest BCUT2D eigenvalue weighted by Crippen LogP contribution is -2.59. The van der Waals surface area contributed by atoms with Gasteiger partial charge in [-0.15, -0.1) is 0 Å². The van der Waals surface area contributed by atoms with E-state index in [0.29, 0.717) is 11.8 Å². The quantitative estimate of drug-likeness (QED) is 0.840. The van der Waals surface area contributed by atoms with Crippen LogP contribution in [0.1, 0.15) is 46.0 Å². The summed E-state index contributed by atoms with van der Waals surface area (Å²) in [6.45, 7) is 4.40. The van der Waals surface area contributed by atoms with E-state index < -0.39 is 12.0 Å². The summed E-state index contributed by atoms with van der Waals surface area (Å²) in [7, 11) is 0. The van der Waals surface area contributed by atoms with Crippen molar-refractivity contribution in [1.29, 1.82) is 0 Å². The normalized spacial score (nSPS) is 32.0. The van der Waals surface area contributed by atoms with Gasteiger partial charge in [-0.1, -0.05) is 13.8 Å². The number of carboxylic acids is 1. The van der Waals surface area contributed by atoms with Crippen molar-refractivity contribution >= 4 is 23.8 Å². The molecule has 1 saturated heterocycles. The van der Waals surface area contributed by atoms with Gasteiger partial charge in [-0.25, -0.2) is 9.59 Å². The molecular formula is C15H26N2O3S. The number of nitrogens with one attached hydrogen (secondary N) is 1. The van der Waals surface area contributed by atoms with Gasteiger partial charge < -0.3 is 15.3 Å². The molecule has 1 heterocycles. The molecule has 2 amide bonds. The molecule has 0 spiro atoms. The number of likely N-dealkylation sites (tertiary alicyclic amines) is 1. The van der Waals surface area contributed by atoms with Crippen molar-refractivity contribution in [2.24, 2.45) is 5.41 Å². The van der Waals surface area contributed by atoms with E-state index in [1.807, 2.05) is 25.6 Å². The highest BCUT2D eigenvalue weighted by molar-refractivity contribution is 7.99. The smallest absolute Gasteiger partial charge is 0.327 e. The van der Waals surface area contributed by atoms with Crippen molar-refractivity contribution < 1.29 is 14.7 Å². The van der Waals surface area contributed by atoms with Crippen LogP contribution in [0.5, 0.6) is 0 Å². The number of hydrogen-bond acceptors (Lipinski definition) is 3. The number of thioether (sulfide) groups is 1. The maximum absolute atomic E-state index is 12.5. The SMILES string of the molecule is CSC1CCC(NC(=O)N2CCCC(C)(C)C2C(=O)O)C1. The van der Waals surface area contributed by atoms with E-state index in [1.165, 1.54) is 4.90 Å². The first-order chi connectivity index (χ1) is 9.85. The minimum atomic E-state index is -0.900. The predicted molar refractivity (Wildman–Crippen MR) is 84.6 cm³/mol. The Morgan fingerprint density at radius 2 is 2.05 bits per heavy atom. The fraction of sp³-hybridized carbons (Fsp3) is 0.867. The van der Waals surface area contributed by atoms with Gasteiger partial charge in [0.1, 0.15) is 6.04 Å². The topological polar surface area (TPSA) is 69.6 Å². The summed E-state index contributed by atoms with van der Waals surface area (Å²) < 4.78 is 0. The van der Waals surface area contributed by atoms with Crippen LogP contribution >= 0.6 is 11.8 Å². The van der Waals surface area contributed by atoms with Gasteiger partial charge in [-0.05, 0) is 43.8 Å². The highest BCUT2D eigenvalue weighted by Crippen LogP contribution is 2.35. The Labute approximate surface area is 130 Å². The number of rotatable bonds is 3. The molecule has 0 aromatic heterocycles. The second-order valence-electron chi connectivity index (χ2n) is 6.84. The summed E-state index contributed by atoms with van der Waals surface area (Å²) in [5.74, 6) is -0.900. The van der Waals surface area contributed by atoms with Gasteiger partial charge in [0.2, 0.25) is 0 Å². The van der Waals surface area contributed by atoms with Crippen molar-refractivity contribution in [3.05, 3.63) is 0 Å². The summed E-state index contributed by atoms with van der Waals surface area (Å²) in [5, 5.41) is 13.2. The van der Waals surface area contributed by atoms with E-state index in [9.17, 15) is 14.7 Å². The van der Waals surface area contributed by atoms with Crippen LogP contribution in [0.2, 0.25) is 0 Å². The number of carbonyl (C=O) groups is 2. The average molecular weight is 314 g/mol. The molecule has 3 atom stereocenters. The predicted octanol–water partition coefficient (Wildman–Crippen LogP) is 2.56. The zero-order chi connectivity index (χ0) is 15.6. The van der Waals surface area contributed by atoms with Crippen molar-refractivity contribution in [1.82, 2.24) is 10.2 Å². The first-order valence-corrected chi connectivity index (χ1v) is 8.96. The lowest BCUT2D eigenvalue weighted by atomic mass is 9.76. The number of aliphatic carboxylic acids is 1. The summed E-state index contributed by atoms with van der Waals surface area (Å²) in [6.07, 6.45) is 6.91. The molecule has 1 aliphatic carbocycles. The molecule has 120 valence electrons. The number of carbonyl (C=O) groups excluding carboxylic acids is 1. The maximum Gasteiger partial charge on any atom is 0.327 e. The van der Waals surface area contributed by atoms with Gasteiger partial charge in [0.05, 0.1) is 0 Å². The largest absolute Gasteiger partial charge is 0.480 e. The van der Waals surface area contributed by atoms with Crippen LogP contribution in [0.25, 0.3) is 0 Å². The highest BCUT2D eigenvalue weighted by atomic mass is 32.2. The number of nitrogens with zero attached hydrogens (tertiary/aromatic N) is 1. The second-order valence-corrected chi connectivity index (χ2v) is 7.98. The molecule has 2 fully saturated rings. The lowest BCUT2D eigenvalue weighted by molar-refractivity contribution is -0.148. The van der Waals surface area contributed by atoms with E-state index >= 15 is 0 Å². The summed E-state index contributed by atoms with van der Waals surface area (Å²) in [6, 6.07) is -0.750. The van der Waals surface area contributed by atoms with Crippen LogP contribution in [-0.2, 0) is 4.79 Å². The van der Waals surface area contributed by atoms with Crippen LogP contribution in [-0.4, -0.2) is 52.1 Å². The Balaban J connectivity index is 2.01. The van der Waals surface area contributed by atoms with Crippen LogP contribution in [0.4, 0.5) is 4.79 Å². The summed E-state index contributed by atoms with van der Waals surface area (Å²) in [4.78, 5) is 25.6. The molecule has 0 radical (unpaired) electrons. The van der Waals surface area contributed by atoms with E-state index in [4.69, 9.17) is 0 Å². The van der Waals surface area contributed by atoms with Crippen molar-refractivity contribution in [2.75, 3.05) is 12.8 Å². The van der Waals surface area contributed by atoms with Gasteiger partial charge in [-0.2, -0.15) is 11.8 Å². The van der Waals surface area contributed by atoms with Gasteiger partial charge in [0.15, 0.2) is 0 Å². The van der Waals surface area contributed by atoms with Crippen LogP contribution in [0.15, 0.2) is 0 Å². The number of amides is 2. The zero-order valence-electron chi connectivity index (χ0n) is 13.1. The molecule has 5 nitrogen and oxygen atoms in total. The molecule has 0 aromatic rings. The fourth-order valence-electron chi connectivity index (χ4n) is 3.62. The average Bonchev–Trinajstić information content (AvgIpc) is 2.84. The number of carboxylic acid groups (broad SMARTS) is 1. The molecule has 3 unspecified atom stereocenters. The van der Waals surface area contributed by atoms with E-state index in [1.54, 1.807) is 0 Å². The van der Waals surface area contributed by atoms with Crippen LogP contribution in [0.3, 0.4) is 0 Å². The van der Waals surface area contributed by atoms with Crippen LogP contribution in [0, 0.1) is 5.41 Å². The number of urea groups is 1. The number of hydrogen-bond donors (Lipinski definition) is 2. The summed E-state index contributed by atoms with van der Waals surface area (Å²) >= 11 is 1.85. The van der Waals surface area contributed by atoms with Crippen molar-refractivity contribution in [3.8, 4) is 0 Å². The third-order valence-electron chi connectivity index (χ3n) is 4.81. The first kappa shape index (κ1) is 16.5. The number of piperidine rings is 1. The molecule has 2 rings (SSSR count). The van der Waals surface area contributed by atoms with Crippen molar-refractivity contribution in [2.45, 2.75) is 63.3 Å². The molecule has 6 heteroatoms. The summed E-state index contributed by atoms with van der Waals surface area (Å²) in [5.41, 5.74) is -0.376. The molecule has 1 aliphatic heterocycles. The third-order valence-corrected chi connectivity index (χ3v) is 5.91. The standard InChI is InChI=1S/C15H26N2O3S/c1-15(2)7-4-8-17(12(15)13(18)19)14(20)16-10-5-6-11(9-10)21-3/h10-12H,4-9H2,1-3H3,(H,16,20)(H,18,19). The Morgan fingerprint density at radius 1 is 1.33 bits per heavy atom. The van der Waals surface area contributed by atoms with Crippen molar-refractivity contribution in [3.63, 3.8) is 0 Å². The third kappa shape index (κ3) is 3.65. The Hall–Kier alpha value is -0.910. The molecule has 2 N–H and O–H groups in total. The molecule has 1 saturated carbocycles. The van der Waals surface area contributed by atoms with Gasteiger partial charge in [0, 0.05) is 17.8 Å². The minimum Gasteiger partial charge on any atom is -0.480 e. The molecule has 2 aliphatic rings. The minimum absolute atomic E-state index is 0.189. The zero-order valence-corrected chi connectivity index (χ0v) is 13.9. The highest BCUT2D eigenvalue weighted by Gasteiger charge is 2.45. The second kappa shape index (κ2) is 6.46.